The molecule has 1 fully saturated rings. The third-order valence-electron chi connectivity index (χ3n) is 5.68. The lowest BCUT2D eigenvalue weighted by Crippen LogP contribution is -2.31. The number of ether oxygens (including phenoxy) is 1. The molecule has 0 aliphatic carbocycles. The van der Waals surface area contributed by atoms with Crippen LogP contribution in [-0.2, 0) is 16.1 Å². The molecular formula is C24H22N4O6. The number of nitro groups is 1. The van der Waals surface area contributed by atoms with Gasteiger partial charge in [0, 0.05) is 43.2 Å². The first kappa shape index (κ1) is 22.7. The highest BCUT2D eigenvalue weighted by molar-refractivity contribution is 6.46. The molecule has 1 aliphatic heterocycles. The highest BCUT2D eigenvalue weighted by Crippen LogP contribution is 2.40. The van der Waals surface area contributed by atoms with Crippen molar-refractivity contribution in [3.05, 3.63) is 94.1 Å². The van der Waals surface area contributed by atoms with E-state index in [0.717, 1.165) is 0 Å². The monoisotopic (exact) mass is 462 g/mol. The standard InChI is InChI=1S/C24H22N4O6/c1-34-19-5-2-4-17(14-19)22(29)20-21(16-6-8-18(9-7-16)28(32)33)27(24(31)23(20)30)12-3-11-26-13-10-25-15-26/h2,4-10,13-15,21,29H,3,11-12H2,1H3/b22-20-. The molecule has 1 N–H and O–H groups in total. The van der Waals surface area contributed by atoms with Crippen LogP contribution >= 0.6 is 0 Å². The number of likely N-dealkylation sites (tertiary alicyclic amines) is 1. The molecule has 1 saturated heterocycles. The van der Waals surface area contributed by atoms with E-state index in [1.54, 1.807) is 43.0 Å². The molecule has 1 amide bonds. The molecule has 10 nitrogen and oxygen atoms in total. The number of hydrogen-bond acceptors (Lipinski definition) is 7. The number of carbonyl (C=O) groups excluding carboxylic acids is 2. The van der Waals surface area contributed by atoms with Crippen LogP contribution in [0.5, 0.6) is 5.75 Å². The van der Waals surface area contributed by atoms with Crippen LogP contribution in [0.1, 0.15) is 23.6 Å². The van der Waals surface area contributed by atoms with Gasteiger partial charge in [0.15, 0.2) is 0 Å². The van der Waals surface area contributed by atoms with Gasteiger partial charge in [-0.3, -0.25) is 19.7 Å². The molecule has 1 aliphatic rings. The lowest BCUT2D eigenvalue weighted by Gasteiger charge is -2.25. The maximum atomic E-state index is 13.1. The Balaban J connectivity index is 1.75. The number of amides is 1. The van der Waals surface area contributed by atoms with Gasteiger partial charge in [-0.2, -0.15) is 0 Å². The summed E-state index contributed by atoms with van der Waals surface area (Å²) in [5.74, 6) is -1.41. The number of aliphatic hydroxyl groups is 1. The fourth-order valence-corrected chi connectivity index (χ4v) is 4.00. The van der Waals surface area contributed by atoms with Gasteiger partial charge >= 0.3 is 0 Å². The van der Waals surface area contributed by atoms with E-state index in [1.165, 1.54) is 36.3 Å². The first-order valence-electron chi connectivity index (χ1n) is 10.5. The maximum absolute atomic E-state index is 13.1. The molecule has 2 heterocycles. The van der Waals surface area contributed by atoms with Crippen molar-refractivity contribution in [3.8, 4) is 5.75 Å². The summed E-state index contributed by atoms with van der Waals surface area (Å²) in [6.07, 6.45) is 5.64. The number of Topliss-reactive ketones (excluding diaryl/α,β-unsaturated/α-hetero) is 1. The van der Waals surface area contributed by atoms with Crippen molar-refractivity contribution in [2.24, 2.45) is 0 Å². The zero-order valence-corrected chi connectivity index (χ0v) is 18.3. The van der Waals surface area contributed by atoms with Crippen LogP contribution in [0.3, 0.4) is 0 Å². The van der Waals surface area contributed by atoms with Crippen molar-refractivity contribution in [2.75, 3.05) is 13.7 Å². The summed E-state index contributed by atoms with van der Waals surface area (Å²) in [4.78, 5) is 42.0. The van der Waals surface area contributed by atoms with Crippen LogP contribution < -0.4 is 4.74 Å². The largest absolute Gasteiger partial charge is 0.507 e. The summed E-state index contributed by atoms with van der Waals surface area (Å²) in [7, 11) is 1.48. The topological polar surface area (TPSA) is 128 Å². The smallest absolute Gasteiger partial charge is 0.295 e. The predicted molar refractivity (Wildman–Crippen MR) is 122 cm³/mol. The average molecular weight is 462 g/mol. The zero-order valence-electron chi connectivity index (χ0n) is 18.3. The number of aliphatic hydroxyl groups excluding tert-OH is 1. The quantitative estimate of drug-likeness (QED) is 0.179. The number of methoxy groups -OCH3 is 1. The first-order chi connectivity index (χ1) is 16.4. The molecule has 3 aromatic rings. The number of rotatable bonds is 8. The normalized spacial score (nSPS) is 17.2. The van der Waals surface area contributed by atoms with Gasteiger partial charge in [0.05, 0.1) is 30.0 Å². The van der Waals surface area contributed by atoms with Crippen molar-refractivity contribution in [2.45, 2.75) is 19.0 Å². The summed E-state index contributed by atoms with van der Waals surface area (Å²) >= 11 is 0. The second kappa shape index (κ2) is 9.57. The SMILES string of the molecule is COc1cccc(/C(O)=C2/C(=O)C(=O)N(CCCn3ccnc3)C2c2ccc([N+](=O)[O-])cc2)c1. The second-order valence-electron chi connectivity index (χ2n) is 7.73. The summed E-state index contributed by atoms with van der Waals surface area (Å²) in [5.41, 5.74) is 0.614. The van der Waals surface area contributed by atoms with Crippen molar-refractivity contribution in [1.82, 2.24) is 14.5 Å². The molecule has 0 bridgehead atoms. The van der Waals surface area contributed by atoms with E-state index in [9.17, 15) is 24.8 Å². The van der Waals surface area contributed by atoms with E-state index in [0.29, 0.717) is 29.8 Å². The number of nitrogens with zero attached hydrogens (tertiary/aromatic N) is 4. The van der Waals surface area contributed by atoms with Gasteiger partial charge in [-0.05, 0) is 36.2 Å². The third-order valence-corrected chi connectivity index (χ3v) is 5.68. The van der Waals surface area contributed by atoms with E-state index >= 15 is 0 Å². The molecule has 0 radical (unpaired) electrons. The van der Waals surface area contributed by atoms with E-state index in [-0.39, 0.29) is 23.6 Å². The summed E-state index contributed by atoms with van der Waals surface area (Å²) in [5, 5.41) is 22.2. The zero-order chi connectivity index (χ0) is 24.2. The van der Waals surface area contributed by atoms with Crippen molar-refractivity contribution >= 4 is 23.1 Å². The van der Waals surface area contributed by atoms with E-state index in [2.05, 4.69) is 4.98 Å². The lowest BCUT2D eigenvalue weighted by atomic mass is 9.95. The fourth-order valence-electron chi connectivity index (χ4n) is 4.00. The number of aryl methyl sites for hydroxylation is 1. The number of nitro benzene ring substituents is 1. The lowest BCUT2D eigenvalue weighted by molar-refractivity contribution is -0.384. The van der Waals surface area contributed by atoms with Crippen LogP contribution in [0.4, 0.5) is 5.69 Å². The summed E-state index contributed by atoms with van der Waals surface area (Å²) < 4.78 is 7.06. The Morgan fingerprint density at radius 2 is 1.94 bits per heavy atom. The number of non-ortho nitro benzene ring substituents is 1. The number of imidazole rings is 1. The van der Waals surface area contributed by atoms with Gasteiger partial charge in [0.25, 0.3) is 17.4 Å². The van der Waals surface area contributed by atoms with Gasteiger partial charge < -0.3 is 19.3 Å². The molecule has 1 unspecified atom stereocenters. The molecule has 34 heavy (non-hydrogen) atoms. The average Bonchev–Trinajstić information content (AvgIpc) is 3.46. The number of benzene rings is 2. The minimum absolute atomic E-state index is 0.0743. The van der Waals surface area contributed by atoms with Crippen molar-refractivity contribution in [1.29, 1.82) is 0 Å². The summed E-state index contributed by atoms with van der Waals surface area (Å²) in [6, 6.07) is 11.3. The van der Waals surface area contributed by atoms with Gasteiger partial charge in [0.2, 0.25) is 0 Å². The Morgan fingerprint density at radius 1 is 1.18 bits per heavy atom. The van der Waals surface area contributed by atoms with Gasteiger partial charge in [0.1, 0.15) is 11.5 Å². The van der Waals surface area contributed by atoms with Gasteiger partial charge in [-0.15, -0.1) is 0 Å². The van der Waals surface area contributed by atoms with Crippen LogP contribution in [0.25, 0.3) is 5.76 Å². The minimum atomic E-state index is -0.894. The molecule has 10 heteroatoms. The van der Waals surface area contributed by atoms with Crippen LogP contribution in [0.2, 0.25) is 0 Å². The van der Waals surface area contributed by atoms with Crippen LogP contribution in [0.15, 0.2) is 72.8 Å². The minimum Gasteiger partial charge on any atom is -0.507 e. The Labute approximate surface area is 194 Å². The molecular weight excluding hydrogens is 440 g/mol. The van der Waals surface area contributed by atoms with Crippen molar-refractivity contribution < 1.29 is 24.4 Å². The summed E-state index contributed by atoms with van der Waals surface area (Å²) in [6.45, 7) is 0.811. The molecule has 2 aromatic carbocycles. The van der Waals surface area contributed by atoms with Crippen LogP contribution in [-0.4, -0.2) is 49.8 Å². The highest BCUT2D eigenvalue weighted by atomic mass is 16.6. The Kier molecular flexibility index (Phi) is 6.39. The second-order valence-corrected chi connectivity index (χ2v) is 7.73. The molecule has 0 spiro atoms. The van der Waals surface area contributed by atoms with E-state index in [1.807, 2.05) is 4.57 Å². The predicted octanol–water partition coefficient (Wildman–Crippen LogP) is 3.31. The molecule has 4 rings (SSSR count). The number of aromatic nitrogens is 2. The first-order valence-corrected chi connectivity index (χ1v) is 10.5. The highest BCUT2D eigenvalue weighted by Gasteiger charge is 2.45. The molecule has 1 atom stereocenters. The fraction of sp³-hybridized carbons (Fsp3) is 0.208. The number of hydrogen-bond donors (Lipinski definition) is 1. The van der Waals surface area contributed by atoms with Gasteiger partial charge in [-0.25, -0.2) is 4.98 Å². The number of ketones is 1. The Morgan fingerprint density at radius 3 is 2.59 bits per heavy atom. The maximum Gasteiger partial charge on any atom is 0.295 e. The van der Waals surface area contributed by atoms with Gasteiger partial charge in [-0.1, -0.05) is 12.1 Å². The Bertz CT molecular complexity index is 1250. The molecule has 0 saturated carbocycles. The third kappa shape index (κ3) is 4.38. The Hall–Kier alpha value is -4.47. The molecule has 1 aromatic heterocycles. The van der Waals surface area contributed by atoms with Crippen molar-refractivity contribution in [3.63, 3.8) is 0 Å². The van der Waals surface area contributed by atoms with E-state index < -0.39 is 22.7 Å². The molecule has 174 valence electrons. The number of carbonyl (C=O) groups is 2. The van der Waals surface area contributed by atoms with Crippen LogP contribution in [0, 0.1) is 10.1 Å². The van der Waals surface area contributed by atoms with E-state index in [4.69, 9.17) is 4.74 Å².